The van der Waals surface area contributed by atoms with Gasteiger partial charge in [0.25, 0.3) is 5.91 Å². The van der Waals surface area contributed by atoms with Gasteiger partial charge in [0, 0.05) is 12.2 Å². The van der Waals surface area contributed by atoms with Crippen LogP contribution in [-0.4, -0.2) is 55.0 Å². The van der Waals surface area contributed by atoms with E-state index >= 15 is 0 Å². The highest BCUT2D eigenvalue weighted by Gasteiger charge is 2.46. The minimum atomic E-state index is -0.995. The van der Waals surface area contributed by atoms with E-state index in [1.165, 1.54) is 24.2 Å². The molecule has 2 aromatic carbocycles. The lowest BCUT2D eigenvalue weighted by Gasteiger charge is -2.19. The van der Waals surface area contributed by atoms with E-state index in [0.29, 0.717) is 22.7 Å². The molecular weight excluding hydrogens is 426 g/mol. The Bertz CT molecular complexity index is 1070. The van der Waals surface area contributed by atoms with Crippen LogP contribution >= 0.6 is 0 Å². The second-order valence-corrected chi connectivity index (χ2v) is 7.16. The summed E-state index contributed by atoms with van der Waals surface area (Å²) in [4.78, 5) is 53.1. The lowest BCUT2D eigenvalue weighted by Crippen LogP contribution is -2.38. The van der Waals surface area contributed by atoms with Crippen LogP contribution in [-0.2, 0) is 14.3 Å². The van der Waals surface area contributed by atoms with Crippen molar-refractivity contribution >= 4 is 35.2 Å². The highest BCUT2D eigenvalue weighted by Crippen LogP contribution is 2.28. The van der Waals surface area contributed by atoms with E-state index < -0.39 is 29.9 Å². The Hall–Kier alpha value is -4.14. The number of ether oxygens (including phenoxy) is 2. The predicted molar refractivity (Wildman–Crippen MR) is 122 cm³/mol. The van der Waals surface area contributed by atoms with Gasteiger partial charge in [-0.2, -0.15) is 0 Å². The average Bonchev–Trinajstić information content (AvgIpc) is 3.03. The second kappa shape index (κ2) is 10.4. The molecule has 0 spiro atoms. The second-order valence-electron chi connectivity index (χ2n) is 7.16. The van der Waals surface area contributed by atoms with Crippen molar-refractivity contribution in [2.75, 3.05) is 30.5 Å². The summed E-state index contributed by atoms with van der Waals surface area (Å²) < 4.78 is 10.1. The van der Waals surface area contributed by atoms with Gasteiger partial charge >= 0.3 is 12.0 Å². The summed E-state index contributed by atoms with van der Waals surface area (Å²) in [6.07, 6.45) is 1.24. The molecule has 33 heavy (non-hydrogen) atoms. The zero-order valence-corrected chi connectivity index (χ0v) is 18.4. The van der Waals surface area contributed by atoms with Gasteiger partial charge in [-0.25, -0.2) is 14.5 Å². The van der Waals surface area contributed by atoms with Gasteiger partial charge in [0.05, 0.1) is 31.4 Å². The molecule has 9 heteroatoms. The molecule has 9 nitrogen and oxygen atoms in total. The third-order valence-electron chi connectivity index (χ3n) is 5.01. The van der Waals surface area contributed by atoms with Gasteiger partial charge in [-0.1, -0.05) is 12.1 Å². The van der Waals surface area contributed by atoms with Crippen molar-refractivity contribution < 1.29 is 28.7 Å². The van der Waals surface area contributed by atoms with E-state index in [9.17, 15) is 19.2 Å². The van der Waals surface area contributed by atoms with Gasteiger partial charge in [0.2, 0.25) is 5.91 Å². The highest BCUT2D eigenvalue weighted by molar-refractivity contribution is 6.22. The van der Waals surface area contributed by atoms with E-state index in [0.717, 1.165) is 4.90 Å². The summed E-state index contributed by atoms with van der Waals surface area (Å²) >= 11 is 0. The number of nitrogens with one attached hydrogen (secondary N) is 1. The van der Waals surface area contributed by atoms with E-state index in [4.69, 9.17) is 9.47 Å². The van der Waals surface area contributed by atoms with Crippen molar-refractivity contribution in [1.82, 2.24) is 4.90 Å². The van der Waals surface area contributed by atoms with E-state index in [-0.39, 0.29) is 19.6 Å². The van der Waals surface area contributed by atoms with Crippen LogP contribution < -0.4 is 15.0 Å². The minimum absolute atomic E-state index is 0.105. The van der Waals surface area contributed by atoms with Crippen molar-refractivity contribution in [3.8, 4) is 5.75 Å². The molecule has 1 fully saturated rings. The quantitative estimate of drug-likeness (QED) is 0.357. The number of hydrogen-bond donors (Lipinski definition) is 1. The Kier molecular flexibility index (Phi) is 7.45. The first-order chi connectivity index (χ1) is 15.9. The van der Waals surface area contributed by atoms with Crippen LogP contribution in [0.4, 0.5) is 16.2 Å². The fourth-order valence-corrected chi connectivity index (χ4v) is 3.48. The highest BCUT2D eigenvalue weighted by atomic mass is 16.5. The zero-order chi connectivity index (χ0) is 24.0. The standard InChI is InChI=1S/C24H25N3O6/c1-4-13-26-20(22(29)27(24(26)31)18-9-11-19(32-3)12-10-18)15-21(28)25-17-8-6-7-16(14-17)23(30)33-5-2/h4,6-12,14,20H,1,5,13,15H2,2-3H3,(H,25,28)/t20-/m0/s1. The van der Waals surface area contributed by atoms with E-state index in [2.05, 4.69) is 11.9 Å². The van der Waals surface area contributed by atoms with Crippen molar-refractivity contribution in [2.45, 2.75) is 19.4 Å². The number of nitrogens with zero attached hydrogens (tertiary/aromatic N) is 2. The van der Waals surface area contributed by atoms with Crippen molar-refractivity contribution in [1.29, 1.82) is 0 Å². The summed E-state index contributed by atoms with van der Waals surface area (Å²) in [6, 6.07) is 11.3. The molecule has 3 rings (SSSR count). The van der Waals surface area contributed by atoms with Crippen LogP contribution in [0.3, 0.4) is 0 Å². The number of imide groups is 1. The van der Waals surface area contributed by atoms with E-state index in [1.54, 1.807) is 49.4 Å². The molecule has 0 aliphatic carbocycles. The van der Waals surface area contributed by atoms with Gasteiger partial charge < -0.3 is 19.7 Å². The molecule has 2 aromatic rings. The molecule has 1 atom stereocenters. The third kappa shape index (κ3) is 5.20. The summed E-state index contributed by atoms with van der Waals surface area (Å²) in [5.41, 5.74) is 1.05. The summed E-state index contributed by atoms with van der Waals surface area (Å²) in [5, 5.41) is 2.68. The van der Waals surface area contributed by atoms with Crippen molar-refractivity contribution in [3.05, 3.63) is 66.7 Å². The molecule has 1 aliphatic heterocycles. The van der Waals surface area contributed by atoms with Gasteiger partial charge in [-0.3, -0.25) is 9.59 Å². The molecule has 0 bridgehead atoms. The third-order valence-corrected chi connectivity index (χ3v) is 5.01. The van der Waals surface area contributed by atoms with Gasteiger partial charge in [-0.15, -0.1) is 6.58 Å². The Labute approximate surface area is 191 Å². The lowest BCUT2D eigenvalue weighted by atomic mass is 10.1. The monoisotopic (exact) mass is 451 g/mol. The Morgan fingerprint density at radius 2 is 1.88 bits per heavy atom. The van der Waals surface area contributed by atoms with Gasteiger partial charge in [0.15, 0.2) is 0 Å². The first-order valence-electron chi connectivity index (χ1n) is 10.4. The molecular formula is C24H25N3O6. The molecule has 4 amide bonds. The smallest absolute Gasteiger partial charge is 0.338 e. The number of methoxy groups -OCH3 is 1. The summed E-state index contributed by atoms with van der Waals surface area (Å²) in [6.45, 7) is 5.68. The number of amides is 4. The minimum Gasteiger partial charge on any atom is -0.497 e. The molecule has 0 unspecified atom stereocenters. The average molecular weight is 451 g/mol. The number of urea groups is 1. The maximum atomic E-state index is 13.1. The molecule has 0 aromatic heterocycles. The van der Waals surface area contributed by atoms with Crippen LogP contribution in [0.15, 0.2) is 61.2 Å². The predicted octanol–water partition coefficient (Wildman–Crippen LogP) is 3.22. The number of esters is 1. The largest absolute Gasteiger partial charge is 0.497 e. The lowest BCUT2D eigenvalue weighted by molar-refractivity contribution is -0.124. The number of carbonyl (C=O) groups is 4. The zero-order valence-electron chi connectivity index (χ0n) is 18.4. The van der Waals surface area contributed by atoms with Crippen LogP contribution in [0.25, 0.3) is 0 Å². The molecule has 1 N–H and O–H groups in total. The van der Waals surface area contributed by atoms with E-state index in [1.807, 2.05) is 0 Å². The van der Waals surface area contributed by atoms with Crippen molar-refractivity contribution in [3.63, 3.8) is 0 Å². The maximum absolute atomic E-state index is 13.1. The SMILES string of the molecule is C=CCN1C(=O)N(c2ccc(OC)cc2)C(=O)[C@@H]1CC(=O)Nc1cccc(C(=O)OCC)c1. The topological polar surface area (TPSA) is 105 Å². The first-order valence-corrected chi connectivity index (χ1v) is 10.4. The molecule has 172 valence electrons. The summed E-state index contributed by atoms with van der Waals surface area (Å²) in [5.74, 6) is -0.908. The number of benzene rings is 2. The van der Waals surface area contributed by atoms with Crippen LogP contribution in [0.2, 0.25) is 0 Å². The van der Waals surface area contributed by atoms with Gasteiger partial charge in [-0.05, 0) is 49.4 Å². The number of rotatable bonds is 9. The van der Waals surface area contributed by atoms with Crippen molar-refractivity contribution in [2.24, 2.45) is 0 Å². The normalized spacial score (nSPS) is 15.4. The maximum Gasteiger partial charge on any atom is 0.338 e. The van der Waals surface area contributed by atoms with Crippen LogP contribution in [0.5, 0.6) is 5.75 Å². The Balaban J connectivity index is 1.76. The fraction of sp³-hybridized carbons (Fsp3) is 0.250. The summed E-state index contributed by atoms with van der Waals surface area (Å²) in [7, 11) is 1.52. The number of hydrogen-bond acceptors (Lipinski definition) is 6. The molecule has 1 saturated heterocycles. The Morgan fingerprint density at radius 1 is 1.15 bits per heavy atom. The van der Waals surface area contributed by atoms with Gasteiger partial charge in [0.1, 0.15) is 11.8 Å². The Morgan fingerprint density at radius 3 is 2.52 bits per heavy atom. The fourth-order valence-electron chi connectivity index (χ4n) is 3.48. The molecule has 0 saturated carbocycles. The number of anilines is 2. The van der Waals surface area contributed by atoms with Crippen LogP contribution in [0, 0.1) is 0 Å². The first kappa shape index (κ1) is 23.5. The van der Waals surface area contributed by atoms with Crippen LogP contribution in [0.1, 0.15) is 23.7 Å². The molecule has 1 heterocycles. The molecule has 0 radical (unpaired) electrons. The number of carbonyl (C=O) groups excluding carboxylic acids is 4. The molecule has 1 aliphatic rings.